The fourth-order valence-corrected chi connectivity index (χ4v) is 1.94. The quantitative estimate of drug-likeness (QED) is 0.694. The molecule has 18 heavy (non-hydrogen) atoms. The van der Waals surface area contributed by atoms with Crippen LogP contribution in [0.4, 0.5) is 10.5 Å². The van der Waals surface area contributed by atoms with Crippen molar-refractivity contribution in [1.82, 2.24) is 10.3 Å². The van der Waals surface area contributed by atoms with Crippen LogP contribution in [0.2, 0.25) is 0 Å². The number of carbonyl (C=O) groups excluding carboxylic acids is 1. The zero-order chi connectivity index (χ0) is 12.8. The van der Waals surface area contributed by atoms with Gasteiger partial charge in [0, 0.05) is 23.6 Å². The predicted octanol–water partition coefficient (Wildman–Crippen LogP) is 3.48. The van der Waals surface area contributed by atoms with Crippen molar-refractivity contribution in [1.29, 1.82) is 0 Å². The highest BCUT2D eigenvalue weighted by Crippen LogP contribution is 2.21. The topological polar surface area (TPSA) is 56.9 Å². The van der Waals surface area contributed by atoms with Gasteiger partial charge in [-0.25, -0.2) is 4.79 Å². The second-order valence-corrected chi connectivity index (χ2v) is 4.33. The molecule has 0 unspecified atom stereocenters. The molecule has 2 aromatic rings. The van der Waals surface area contributed by atoms with Gasteiger partial charge in [0.05, 0.1) is 5.69 Å². The van der Waals surface area contributed by atoms with Crippen LogP contribution in [0, 0.1) is 0 Å². The molecule has 1 aromatic heterocycles. The summed E-state index contributed by atoms with van der Waals surface area (Å²) in [6.45, 7) is 2.87. The molecule has 0 fully saturated rings. The molecule has 3 N–H and O–H groups in total. The van der Waals surface area contributed by atoms with E-state index in [-0.39, 0.29) is 6.03 Å². The Balaban J connectivity index is 1.92. The largest absolute Gasteiger partial charge is 0.361 e. The summed E-state index contributed by atoms with van der Waals surface area (Å²) in [5, 5.41) is 6.77. The van der Waals surface area contributed by atoms with E-state index in [0.29, 0.717) is 0 Å². The highest BCUT2D eigenvalue weighted by atomic mass is 16.2. The van der Waals surface area contributed by atoms with Gasteiger partial charge in [0.25, 0.3) is 0 Å². The molecule has 0 radical (unpaired) electrons. The molecule has 2 rings (SSSR count). The number of amides is 2. The molecule has 2 amide bonds. The molecular formula is C14H19N3O. The third-order valence-corrected chi connectivity index (χ3v) is 2.91. The number of aromatic amines is 1. The standard InChI is InChI=1S/C14H19N3O/c1-2-3-4-9-16-14(18)17-13-7-5-6-12-11(13)8-10-15-12/h5-8,10,15H,2-4,9H2,1H3,(H2,16,17,18). The predicted molar refractivity (Wildman–Crippen MR) is 74.8 cm³/mol. The van der Waals surface area contributed by atoms with Crippen LogP contribution in [0.3, 0.4) is 0 Å². The number of fused-ring (bicyclic) bond motifs is 1. The van der Waals surface area contributed by atoms with E-state index in [4.69, 9.17) is 0 Å². The van der Waals surface area contributed by atoms with Crippen LogP contribution < -0.4 is 10.6 Å². The molecule has 0 aliphatic heterocycles. The Hall–Kier alpha value is -1.97. The molecule has 1 heterocycles. The second kappa shape index (κ2) is 6.10. The van der Waals surface area contributed by atoms with Crippen molar-refractivity contribution in [3.05, 3.63) is 30.5 Å². The van der Waals surface area contributed by atoms with Gasteiger partial charge in [-0.2, -0.15) is 0 Å². The normalized spacial score (nSPS) is 10.5. The average molecular weight is 245 g/mol. The zero-order valence-electron chi connectivity index (χ0n) is 10.6. The van der Waals surface area contributed by atoms with E-state index < -0.39 is 0 Å². The molecule has 0 atom stereocenters. The summed E-state index contributed by atoms with van der Waals surface area (Å²) in [7, 11) is 0. The van der Waals surface area contributed by atoms with E-state index in [0.717, 1.165) is 42.4 Å². The van der Waals surface area contributed by atoms with Crippen molar-refractivity contribution in [2.75, 3.05) is 11.9 Å². The van der Waals surface area contributed by atoms with Crippen molar-refractivity contribution < 1.29 is 4.79 Å². The number of benzene rings is 1. The average Bonchev–Trinajstić information content (AvgIpc) is 2.84. The molecule has 4 heteroatoms. The summed E-state index contributed by atoms with van der Waals surface area (Å²) in [5.41, 5.74) is 1.86. The van der Waals surface area contributed by atoms with Crippen LogP contribution in [-0.2, 0) is 0 Å². The van der Waals surface area contributed by atoms with Crippen LogP contribution in [0.5, 0.6) is 0 Å². The number of H-pyrrole nitrogens is 1. The molecule has 0 aliphatic carbocycles. The third kappa shape index (κ3) is 3.03. The van der Waals surface area contributed by atoms with Gasteiger partial charge in [-0.15, -0.1) is 0 Å². The number of urea groups is 1. The number of nitrogens with one attached hydrogen (secondary N) is 3. The molecule has 0 saturated carbocycles. The number of anilines is 1. The molecule has 96 valence electrons. The lowest BCUT2D eigenvalue weighted by Gasteiger charge is -2.08. The Kier molecular flexibility index (Phi) is 4.23. The highest BCUT2D eigenvalue weighted by Gasteiger charge is 2.04. The number of hydrogen-bond acceptors (Lipinski definition) is 1. The van der Waals surface area contributed by atoms with E-state index in [1.165, 1.54) is 0 Å². The first kappa shape index (κ1) is 12.5. The minimum atomic E-state index is -0.139. The Bertz CT molecular complexity index is 518. The number of aromatic nitrogens is 1. The van der Waals surface area contributed by atoms with Gasteiger partial charge in [0.15, 0.2) is 0 Å². The van der Waals surface area contributed by atoms with Crippen molar-refractivity contribution in [3.8, 4) is 0 Å². The van der Waals surface area contributed by atoms with Crippen molar-refractivity contribution >= 4 is 22.6 Å². The maximum atomic E-state index is 11.7. The van der Waals surface area contributed by atoms with Gasteiger partial charge in [-0.05, 0) is 24.6 Å². The summed E-state index contributed by atoms with van der Waals surface area (Å²) in [6.07, 6.45) is 5.20. The Morgan fingerprint density at radius 1 is 1.28 bits per heavy atom. The molecule has 4 nitrogen and oxygen atoms in total. The summed E-state index contributed by atoms with van der Waals surface area (Å²) < 4.78 is 0. The summed E-state index contributed by atoms with van der Waals surface area (Å²) in [5.74, 6) is 0. The maximum absolute atomic E-state index is 11.7. The SMILES string of the molecule is CCCCCNC(=O)Nc1cccc2[nH]ccc12. The van der Waals surface area contributed by atoms with Crippen LogP contribution in [0.1, 0.15) is 26.2 Å². The van der Waals surface area contributed by atoms with Gasteiger partial charge in [-0.1, -0.05) is 25.8 Å². The first-order valence-electron chi connectivity index (χ1n) is 6.42. The van der Waals surface area contributed by atoms with Crippen molar-refractivity contribution in [3.63, 3.8) is 0 Å². The van der Waals surface area contributed by atoms with Crippen molar-refractivity contribution in [2.45, 2.75) is 26.2 Å². The molecule has 0 aliphatic rings. The monoisotopic (exact) mass is 245 g/mol. The van der Waals surface area contributed by atoms with Crippen LogP contribution in [-0.4, -0.2) is 17.6 Å². The second-order valence-electron chi connectivity index (χ2n) is 4.33. The fourth-order valence-electron chi connectivity index (χ4n) is 1.94. The van der Waals surface area contributed by atoms with Gasteiger partial charge in [0.2, 0.25) is 0 Å². The molecule has 0 saturated heterocycles. The lowest BCUT2D eigenvalue weighted by molar-refractivity contribution is 0.252. The summed E-state index contributed by atoms with van der Waals surface area (Å²) >= 11 is 0. The smallest absolute Gasteiger partial charge is 0.319 e. The lowest BCUT2D eigenvalue weighted by atomic mass is 10.2. The number of hydrogen-bond donors (Lipinski definition) is 3. The van der Waals surface area contributed by atoms with Crippen molar-refractivity contribution in [2.24, 2.45) is 0 Å². The molecule has 0 spiro atoms. The van der Waals surface area contributed by atoms with Gasteiger partial charge >= 0.3 is 6.03 Å². The number of carbonyl (C=O) groups is 1. The van der Waals surface area contributed by atoms with E-state index in [2.05, 4.69) is 22.5 Å². The fraction of sp³-hybridized carbons (Fsp3) is 0.357. The zero-order valence-corrected chi connectivity index (χ0v) is 10.6. The Labute approximate surface area is 107 Å². The van der Waals surface area contributed by atoms with Gasteiger partial charge in [0.1, 0.15) is 0 Å². The highest BCUT2D eigenvalue weighted by molar-refractivity contribution is 6.00. The van der Waals surface area contributed by atoms with Crippen LogP contribution >= 0.6 is 0 Å². The maximum Gasteiger partial charge on any atom is 0.319 e. The minimum absolute atomic E-state index is 0.139. The van der Waals surface area contributed by atoms with Crippen LogP contribution in [0.25, 0.3) is 10.9 Å². The Morgan fingerprint density at radius 2 is 2.17 bits per heavy atom. The van der Waals surface area contributed by atoms with E-state index in [9.17, 15) is 4.79 Å². The van der Waals surface area contributed by atoms with E-state index in [1.54, 1.807) is 0 Å². The van der Waals surface area contributed by atoms with E-state index >= 15 is 0 Å². The first-order chi connectivity index (χ1) is 8.81. The van der Waals surface area contributed by atoms with E-state index in [1.807, 2.05) is 30.5 Å². The lowest BCUT2D eigenvalue weighted by Crippen LogP contribution is -2.29. The molecular weight excluding hydrogens is 226 g/mol. The van der Waals surface area contributed by atoms with Crippen LogP contribution in [0.15, 0.2) is 30.5 Å². The number of unbranched alkanes of at least 4 members (excludes halogenated alkanes) is 2. The third-order valence-electron chi connectivity index (χ3n) is 2.91. The van der Waals surface area contributed by atoms with Gasteiger partial charge in [-0.3, -0.25) is 0 Å². The summed E-state index contributed by atoms with van der Waals surface area (Å²) in [4.78, 5) is 14.8. The van der Waals surface area contributed by atoms with Gasteiger partial charge < -0.3 is 15.6 Å². The summed E-state index contributed by atoms with van der Waals surface area (Å²) in [6, 6.07) is 7.63. The molecule has 1 aromatic carbocycles. The number of rotatable bonds is 5. The molecule has 0 bridgehead atoms. The minimum Gasteiger partial charge on any atom is -0.361 e. The first-order valence-corrected chi connectivity index (χ1v) is 6.42. The Morgan fingerprint density at radius 3 is 3.00 bits per heavy atom.